The fourth-order valence-electron chi connectivity index (χ4n) is 2.90. The number of aliphatic hydroxyl groups excluding tert-OH is 1. The summed E-state index contributed by atoms with van der Waals surface area (Å²) in [6.45, 7) is 6.41. The molecule has 18 heavy (non-hydrogen) atoms. The van der Waals surface area contributed by atoms with Gasteiger partial charge in [-0.25, -0.2) is 0 Å². The Balaban J connectivity index is 1.91. The van der Waals surface area contributed by atoms with Crippen LogP contribution in [0.1, 0.15) is 38.2 Å². The van der Waals surface area contributed by atoms with Gasteiger partial charge in [-0.15, -0.1) is 0 Å². The van der Waals surface area contributed by atoms with Crippen molar-refractivity contribution in [3.05, 3.63) is 29.8 Å². The van der Waals surface area contributed by atoms with Gasteiger partial charge < -0.3 is 10.0 Å². The number of aryl methyl sites for hydroxylation is 1. The van der Waals surface area contributed by atoms with Gasteiger partial charge in [0.05, 0.1) is 6.10 Å². The molecule has 0 radical (unpaired) electrons. The summed E-state index contributed by atoms with van der Waals surface area (Å²) in [5, 5.41) is 9.86. The highest BCUT2D eigenvalue weighted by Gasteiger charge is 2.25. The molecule has 1 fully saturated rings. The van der Waals surface area contributed by atoms with Crippen molar-refractivity contribution >= 4 is 5.69 Å². The Kier molecular flexibility index (Phi) is 4.65. The summed E-state index contributed by atoms with van der Waals surface area (Å²) < 4.78 is 0. The lowest BCUT2D eigenvalue weighted by Gasteiger charge is -2.25. The molecule has 1 aliphatic carbocycles. The van der Waals surface area contributed by atoms with Gasteiger partial charge in [-0.1, -0.05) is 24.1 Å². The van der Waals surface area contributed by atoms with E-state index in [0.717, 1.165) is 25.9 Å². The highest BCUT2D eigenvalue weighted by Crippen LogP contribution is 2.29. The van der Waals surface area contributed by atoms with Crippen molar-refractivity contribution in [1.29, 1.82) is 0 Å². The van der Waals surface area contributed by atoms with Gasteiger partial charge >= 0.3 is 0 Å². The number of nitrogens with zero attached hydrogens (tertiary/aromatic N) is 1. The molecule has 1 N–H and O–H groups in total. The second-order valence-electron chi connectivity index (χ2n) is 5.46. The van der Waals surface area contributed by atoms with Crippen LogP contribution in [0.4, 0.5) is 5.69 Å². The van der Waals surface area contributed by atoms with Gasteiger partial charge in [0, 0.05) is 18.8 Å². The maximum Gasteiger partial charge on any atom is 0.0569 e. The lowest BCUT2D eigenvalue weighted by molar-refractivity contribution is 0.129. The molecule has 0 amide bonds. The average Bonchev–Trinajstić information content (AvgIpc) is 2.78. The number of hydrogen-bond acceptors (Lipinski definition) is 2. The first-order valence-electron chi connectivity index (χ1n) is 7.20. The molecule has 0 heterocycles. The van der Waals surface area contributed by atoms with Crippen molar-refractivity contribution in [3.8, 4) is 0 Å². The number of anilines is 1. The van der Waals surface area contributed by atoms with Crippen LogP contribution in [-0.2, 0) is 0 Å². The molecular weight excluding hydrogens is 222 g/mol. The third-order valence-corrected chi connectivity index (χ3v) is 4.17. The Labute approximate surface area is 111 Å². The van der Waals surface area contributed by atoms with Crippen LogP contribution in [0.5, 0.6) is 0 Å². The number of rotatable bonds is 5. The monoisotopic (exact) mass is 247 g/mol. The normalized spacial score (nSPS) is 23.3. The fraction of sp³-hybridized carbons (Fsp3) is 0.625. The molecule has 0 aromatic heterocycles. The van der Waals surface area contributed by atoms with Crippen LogP contribution in [0.3, 0.4) is 0 Å². The summed E-state index contributed by atoms with van der Waals surface area (Å²) in [6, 6.07) is 8.73. The first kappa shape index (κ1) is 13.4. The van der Waals surface area contributed by atoms with Crippen molar-refractivity contribution in [2.24, 2.45) is 5.92 Å². The van der Waals surface area contributed by atoms with E-state index in [2.05, 4.69) is 43.0 Å². The highest BCUT2D eigenvalue weighted by atomic mass is 16.3. The van der Waals surface area contributed by atoms with Gasteiger partial charge in [-0.2, -0.15) is 0 Å². The van der Waals surface area contributed by atoms with Gasteiger partial charge in [0.1, 0.15) is 0 Å². The predicted molar refractivity (Wildman–Crippen MR) is 77.0 cm³/mol. The lowest BCUT2D eigenvalue weighted by atomic mass is 10.0. The molecule has 2 rings (SSSR count). The smallest absolute Gasteiger partial charge is 0.0569 e. The van der Waals surface area contributed by atoms with E-state index in [9.17, 15) is 5.11 Å². The molecule has 2 unspecified atom stereocenters. The number of hydrogen-bond donors (Lipinski definition) is 1. The molecule has 0 aliphatic heterocycles. The summed E-state index contributed by atoms with van der Waals surface area (Å²) in [6.07, 6.45) is 4.46. The Hall–Kier alpha value is -1.02. The van der Waals surface area contributed by atoms with Gasteiger partial charge in [-0.05, 0) is 51.2 Å². The van der Waals surface area contributed by atoms with Crippen LogP contribution in [0.15, 0.2) is 24.3 Å². The van der Waals surface area contributed by atoms with Gasteiger partial charge in [0.25, 0.3) is 0 Å². The number of aliphatic hydroxyl groups is 1. The Morgan fingerprint density at radius 2 is 1.94 bits per heavy atom. The van der Waals surface area contributed by atoms with Crippen molar-refractivity contribution < 1.29 is 5.11 Å². The summed E-state index contributed by atoms with van der Waals surface area (Å²) >= 11 is 0. The highest BCUT2D eigenvalue weighted by molar-refractivity contribution is 5.47. The van der Waals surface area contributed by atoms with Gasteiger partial charge in [-0.3, -0.25) is 0 Å². The predicted octanol–water partition coefficient (Wildman–Crippen LogP) is 3.37. The zero-order chi connectivity index (χ0) is 13.0. The fourth-order valence-corrected chi connectivity index (χ4v) is 2.90. The molecular formula is C16H25NO. The van der Waals surface area contributed by atoms with E-state index < -0.39 is 0 Å². The third kappa shape index (κ3) is 3.26. The van der Waals surface area contributed by atoms with E-state index in [1.807, 2.05) is 0 Å². The second-order valence-corrected chi connectivity index (χ2v) is 5.46. The van der Waals surface area contributed by atoms with E-state index in [0.29, 0.717) is 5.92 Å². The summed E-state index contributed by atoms with van der Waals surface area (Å²) in [4.78, 5) is 2.41. The molecule has 1 saturated carbocycles. The van der Waals surface area contributed by atoms with Crippen molar-refractivity contribution in [2.45, 2.75) is 45.6 Å². The van der Waals surface area contributed by atoms with Gasteiger partial charge in [0.2, 0.25) is 0 Å². The summed E-state index contributed by atoms with van der Waals surface area (Å²) in [7, 11) is 0. The van der Waals surface area contributed by atoms with Crippen molar-refractivity contribution in [3.63, 3.8) is 0 Å². The quantitative estimate of drug-likeness (QED) is 0.862. The van der Waals surface area contributed by atoms with Crippen LogP contribution in [-0.4, -0.2) is 24.3 Å². The molecule has 1 aromatic carbocycles. The minimum Gasteiger partial charge on any atom is -0.393 e. The van der Waals surface area contributed by atoms with Crippen molar-refractivity contribution in [2.75, 3.05) is 18.0 Å². The van der Waals surface area contributed by atoms with Crippen LogP contribution in [0.2, 0.25) is 0 Å². The Bertz CT molecular complexity index is 360. The number of benzene rings is 1. The first-order chi connectivity index (χ1) is 8.70. The van der Waals surface area contributed by atoms with Gasteiger partial charge in [0.15, 0.2) is 0 Å². The zero-order valence-corrected chi connectivity index (χ0v) is 11.6. The zero-order valence-electron chi connectivity index (χ0n) is 11.6. The molecule has 0 spiro atoms. The molecule has 1 aromatic rings. The minimum absolute atomic E-state index is 0.0540. The lowest BCUT2D eigenvalue weighted by Crippen LogP contribution is -2.27. The molecule has 1 aliphatic rings. The minimum atomic E-state index is -0.0540. The maximum atomic E-state index is 9.86. The van der Waals surface area contributed by atoms with E-state index in [4.69, 9.17) is 0 Å². The molecule has 0 saturated heterocycles. The SMILES string of the molecule is CCN(CCC1CCCC1O)c1ccc(C)cc1. The standard InChI is InChI=1S/C16H25NO/c1-3-17(15-9-7-13(2)8-10-15)12-11-14-5-4-6-16(14)18/h7-10,14,16,18H,3-6,11-12H2,1-2H3. The Morgan fingerprint density at radius 3 is 2.50 bits per heavy atom. The van der Waals surface area contributed by atoms with E-state index >= 15 is 0 Å². The van der Waals surface area contributed by atoms with Crippen LogP contribution >= 0.6 is 0 Å². The summed E-state index contributed by atoms with van der Waals surface area (Å²) in [5.74, 6) is 0.518. The first-order valence-corrected chi connectivity index (χ1v) is 7.20. The van der Waals surface area contributed by atoms with Crippen LogP contribution in [0.25, 0.3) is 0 Å². The maximum absolute atomic E-state index is 9.86. The molecule has 2 nitrogen and oxygen atoms in total. The van der Waals surface area contributed by atoms with E-state index in [1.165, 1.54) is 24.1 Å². The van der Waals surface area contributed by atoms with Crippen LogP contribution in [0, 0.1) is 12.8 Å². The van der Waals surface area contributed by atoms with Crippen LogP contribution < -0.4 is 4.90 Å². The third-order valence-electron chi connectivity index (χ3n) is 4.17. The average molecular weight is 247 g/mol. The molecule has 2 heteroatoms. The Morgan fingerprint density at radius 1 is 1.22 bits per heavy atom. The summed E-state index contributed by atoms with van der Waals surface area (Å²) in [5.41, 5.74) is 2.61. The molecule has 100 valence electrons. The van der Waals surface area contributed by atoms with Crippen molar-refractivity contribution in [1.82, 2.24) is 0 Å². The molecule has 0 bridgehead atoms. The largest absolute Gasteiger partial charge is 0.393 e. The van der Waals surface area contributed by atoms with E-state index in [-0.39, 0.29) is 6.10 Å². The second kappa shape index (κ2) is 6.24. The van der Waals surface area contributed by atoms with E-state index in [1.54, 1.807) is 0 Å². The molecule has 2 atom stereocenters. The topological polar surface area (TPSA) is 23.5 Å².